The van der Waals surface area contributed by atoms with Crippen molar-refractivity contribution in [1.29, 1.82) is 5.26 Å². The third-order valence-electron chi connectivity index (χ3n) is 23.3. The fourth-order valence-electron chi connectivity index (χ4n) is 14.6. The maximum absolute atomic E-state index is 11.2. The van der Waals surface area contributed by atoms with E-state index in [1.165, 1.54) is 38.8 Å². The Hall–Kier alpha value is -4.85. The molecule has 0 saturated carbocycles. The normalized spacial score (nSPS) is 27.3. The summed E-state index contributed by atoms with van der Waals surface area (Å²) in [6, 6.07) is 23.3. The second-order valence-corrected chi connectivity index (χ2v) is 34.7. The number of aliphatic imine (C=N–C) groups is 1. The first kappa shape index (κ1) is 107. The van der Waals surface area contributed by atoms with Gasteiger partial charge >= 0.3 is 23.9 Å². The third-order valence-corrected chi connectivity index (χ3v) is 25.4. The van der Waals surface area contributed by atoms with Crippen molar-refractivity contribution in [3.8, 4) is 6.07 Å². The highest BCUT2D eigenvalue weighted by molar-refractivity contribution is 7.44. The molecule has 118 heavy (non-hydrogen) atoms. The highest BCUT2D eigenvalue weighted by Gasteiger charge is 2.47. The van der Waals surface area contributed by atoms with Crippen molar-refractivity contribution in [3.05, 3.63) is 71.8 Å². The number of fused-ring (bicyclic) bond motifs is 1. The Morgan fingerprint density at radius 2 is 0.737 bits per heavy atom. The van der Waals surface area contributed by atoms with Gasteiger partial charge in [-0.15, -0.1) is 0 Å². The molecule has 5 aliphatic heterocycles. The van der Waals surface area contributed by atoms with Crippen LogP contribution in [-0.4, -0.2) is 198 Å². The number of aliphatic hydroxyl groups is 2. The van der Waals surface area contributed by atoms with Crippen LogP contribution in [0.2, 0.25) is 0 Å². The summed E-state index contributed by atoms with van der Waals surface area (Å²) in [5, 5.41) is 26.2. The summed E-state index contributed by atoms with van der Waals surface area (Å²) >= 11 is 0. The van der Waals surface area contributed by atoms with Crippen LogP contribution in [0, 0.1) is 76.4 Å². The van der Waals surface area contributed by atoms with Crippen molar-refractivity contribution in [2.24, 2.45) is 70.1 Å². The molecule has 5 aliphatic rings. The number of unbranched alkanes of at least 4 members (excludes halogenated alkanes) is 12. The zero-order valence-electron chi connectivity index (χ0n) is 76.0. The summed E-state index contributed by atoms with van der Waals surface area (Å²) in [4.78, 5) is 48.6. The van der Waals surface area contributed by atoms with E-state index >= 15 is 0 Å². The molecule has 0 aliphatic carbocycles. The van der Waals surface area contributed by atoms with Crippen molar-refractivity contribution in [3.63, 3.8) is 0 Å². The van der Waals surface area contributed by atoms with E-state index in [0.717, 1.165) is 116 Å². The lowest BCUT2D eigenvalue weighted by Crippen LogP contribution is -2.49. The van der Waals surface area contributed by atoms with Crippen molar-refractivity contribution >= 4 is 38.3 Å². The number of carbonyl (C=O) groups excluding carboxylic acids is 4. The number of rotatable bonds is 48. The number of aliphatic hydroxyl groups excluding tert-OH is 2. The van der Waals surface area contributed by atoms with Gasteiger partial charge in [0.15, 0.2) is 24.8 Å². The fraction of sp³-hybridized carbons (Fsp3) is 0.804. The van der Waals surface area contributed by atoms with Crippen molar-refractivity contribution in [1.82, 2.24) is 4.67 Å². The minimum Gasteiger partial charge on any atom is -0.463 e. The summed E-state index contributed by atoms with van der Waals surface area (Å²) in [6.07, 6.45) is 15.4. The number of nitrogens with zero attached hydrogens (tertiary/aromatic N) is 3. The van der Waals surface area contributed by atoms with Crippen LogP contribution in [0.5, 0.6) is 0 Å². The Morgan fingerprint density at radius 1 is 0.424 bits per heavy atom. The van der Waals surface area contributed by atoms with E-state index in [0.29, 0.717) is 144 Å². The van der Waals surface area contributed by atoms with E-state index in [-0.39, 0.29) is 111 Å². The van der Waals surface area contributed by atoms with Gasteiger partial charge in [0.05, 0.1) is 63.3 Å². The van der Waals surface area contributed by atoms with Crippen LogP contribution in [0.1, 0.15) is 259 Å². The number of benzene rings is 2. The first-order valence-electron chi connectivity index (χ1n) is 44.3. The van der Waals surface area contributed by atoms with Gasteiger partial charge in [0, 0.05) is 111 Å². The van der Waals surface area contributed by atoms with E-state index in [9.17, 15) is 19.2 Å². The lowest BCUT2D eigenvalue weighted by atomic mass is 9.79. The van der Waals surface area contributed by atoms with Crippen molar-refractivity contribution < 1.29 is 105 Å². The van der Waals surface area contributed by atoms with Crippen LogP contribution < -0.4 is 0 Å². The molecular formula is C92H158N3O22P. The summed E-state index contributed by atoms with van der Waals surface area (Å²) in [6.45, 7) is 47.7. The molecule has 0 spiro atoms. The van der Waals surface area contributed by atoms with Crippen LogP contribution >= 0.6 is 8.53 Å². The van der Waals surface area contributed by atoms with Crippen LogP contribution in [0.25, 0.3) is 0 Å². The quantitative estimate of drug-likeness (QED) is 0.0269. The molecule has 2 aromatic rings. The Bertz CT molecular complexity index is 2980. The Morgan fingerprint density at radius 3 is 1.07 bits per heavy atom. The van der Waals surface area contributed by atoms with Crippen LogP contribution in [0.3, 0.4) is 0 Å². The molecule has 0 radical (unpaired) electrons. The van der Waals surface area contributed by atoms with E-state index < -0.39 is 8.53 Å². The first-order chi connectivity index (χ1) is 56.5. The second kappa shape index (κ2) is 63.1. The monoisotopic (exact) mass is 1690 g/mol. The molecule has 2 N–H and O–H groups in total. The molecule has 0 aromatic heterocycles. The Balaban J connectivity index is 0.000000394. The van der Waals surface area contributed by atoms with Gasteiger partial charge in [0.2, 0.25) is 6.29 Å². The van der Waals surface area contributed by atoms with Crippen LogP contribution in [0.4, 0.5) is 0 Å². The number of hydrogen-bond donors (Lipinski definition) is 2. The van der Waals surface area contributed by atoms with Gasteiger partial charge in [0.1, 0.15) is 32.5 Å². The lowest BCUT2D eigenvalue weighted by molar-refractivity contribution is -0.255. The highest BCUT2D eigenvalue weighted by atomic mass is 31.2. The number of esters is 4. The zero-order chi connectivity index (χ0) is 87.3. The van der Waals surface area contributed by atoms with Crippen molar-refractivity contribution in [2.45, 2.75) is 329 Å². The van der Waals surface area contributed by atoms with E-state index in [2.05, 4.69) is 144 Å². The lowest BCUT2D eigenvalue weighted by Gasteiger charge is -2.43. The topological polar surface area (TPSA) is 296 Å². The van der Waals surface area contributed by atoms with Gasteiger partial charge in [-0.05, 0) is 138 Å². The molecule has 25 nitrogen and oxygen atoms in total. The first-order valence-corrected chi connectivity index (χ1v) is 45.5. The molecule has 678 valence electrons. The molecule has 4 saturated heterocycles. The number of ether oxygens (including phenoxy) is 14. The summed E-state index contributed by atoms with van der Waals surface area (Å²) in [5.41, 5.74) is 2.45. The molecule has 4 fully saturated rings. The maximum Gasteiger partial charge on any atom is 0.302 e. The number of carbonyl (C=O) groups is 4. The van der Waals surface area contributed by atoms with E-state index in [4.69, 9.17) is 90.8 Å². The predicted molar refractivity (Wildman–Crippen MR) is 459 cm³/mol. The summed E-state index contributed by atoms with van der Waals surface area (Å²) in [7, 11) is -1.17. The molecular weight excluding hydrogens is 1530 g/mol. The molecule has 0 bridgehead atoms. The average Bonchev–Trinajstić information content (AvgIpc) is 1.54. The zero-order valence-corrected chi connectivity index (χ0v) is 76.8. The summed E-state index contributed by atoms with van der Waals surface area (Å²) < 4.78 is 93.7. The predicted octanol–water partition coefficient (Wildman–Crippen LogP) is 17.9. The van der Waals surface area contributed by atoms with Gasteiger partial charge in [-0.25, -0.2) is 9.66 Å². The molecule has 9 unspecified atom stereocenters. The van der Waals surface area contributed by atoms with E-state index in [1.54, 1.807) is 0 Å². The Labute approximate surface area is 712 Å². The Kier molecular flexibility index (Phi) is 57.4. The smallest absolute Gasteiger partial charge is 0.302 e. The molecule has 2 aromatic carbocycles. The van der Waals surface area contributed by atoms with Crippen LogP contribution in [0.15, 0.2) is 65.7 Å². The third kappa shape index (κ3) is 43.5. The fourth-order valence-corrected chi connectivity index (χ4v) is 16.2. The largest absolute Gasteiger partial charge is 0.463 e. The van der Waals surface area contributed by atoms with Gasteiger partial charge in [-0.2, -0.15) is 5.26 Å². The second-order valence-electron chi connectivity index (χ2n) is 33.3. The molecule has 7 rings (SSSR count). The summed E-state index contributed by atoms with van der Waals surface area (Å²) in [5.74, 6) is 3.44. The van der Waals surface area contributed by atoms with Gasteiger partial charge < -0.3 is 85.6 Å². The standard InChI is InChI=1S/C26H49N2O6P.C24H38O5.C17H32O5.C13H20O2.C12H19NO4/c1-19(2)28(20(3)4)35(33-17-13-14-27)32-16-12-10-9-11-15-30-26-23(7)21(5)22(6)25(34-26)18-31-24(8)29;1-18-19(2)23(17-28-21(4)25)29-24(20(18)3)27-15-11-6-5-10-14-26-16-22-12-8-7-9-13-22;1-12-13(2)16(11-21-15(4)19)22-17(14(12)3)20-10-8-6-5-7-9-18;14-10-6-1-2-7-11-15-12-13-8-4-3-5-9-13;1-6-7(2)11-12(16-8(3)13-11)17-10(6)5-15-9(4)14/h19-23,25-26H,9-13,15-18H2,1-8H3;7-9,12-13,18-20,23-24H,5-6,10-11,14-17H2,1-4H3;12-14,16-18H,5-11H2,1-4H3;3-5,8-9,14H,1-2,6-7,10-12H2;6-7,10-12H,5H2,1-4H3/t21-,22+,23?,25?,26+,35?;18-,19+,20?,23?,24+;12-,13+,14?,16?,17+;;6-,7?,10?,11+,12-/m000.1/s1. The molecule has 5 heterocycles. The van der Waals surface area contributed by atoms with Crippen LogP contribution in [-0.2, 0) is 108 Å². The van der Waals surface area contributed by atoms with Gasteiger partial charge in [0.25, 0.3) is 8.53 Å². The SMILES string of the molecule is CC(=O)OCC1O[C@@H](OCCCCCCO)C(C)[C@@H](C)[C@H]1C.CC(=O)OCC1O[C@@H](OCCCCCCOCc2ccccc2)C(C)[C@@H](C)[C@H]1C.CC(=O)OCC1O[C@@H](OCCCCCCOP(OCCC#N)N(C(C)C)C(C)C)C(C)[C@@H](C)[C@H]1C.CC(=O)OCC1O[C@H]2OC(C)=N[C@H]2C(C)[C@H]1C.OCCCCCCOCc1ccccc1. The minimum absolute atomic E-state index is 0.0681. The minimum atomic E-state index is -1.17. The molecule has 0 amide bonds. The van der Waals surface area contributed by atoms with E-state index in [1.807, 2.05) is 43.3 Å². The molecule has 26 heteroatoms. The van der Waals surface area contributed by atoms with Gasteiger partial charge in [-0.3, -0.25) is 19.2 Å². The number of hydrogen-bond acceptors (Lipinski definition) is 25. The molecule has 21 atom stereocenters. The highest BCUT2D eigenvalue weighted by Crippen LogP contribution is 2.47. The van der Waals surface area contributed by atoms with Gasteiger partial charge in [-0.1, -0.05) is 188 Å². The average molecular weight is 1690 g/mol. The number of nitriles is 1. The van der Waals surface area contributed by atoms with Crippen molar-refractivity contribution in [2.75, 3.05) is 85.9 Å². The maximum atomic E-state index is 11.2.